The van der Waals surface area contributed by atoms with Crippen molar-refractivity contribution in [2.45, 2.75) is 39.8 Å². The maximum atomic E-state index is 5.84. The lowest BCUT2D eigenvalue weighted by atomic mass is 10.2. The zero-order chi connectivity index (χ0) is 20.3. The van der Waals surface area contributed by atoms with Crippen LogP contribution in [-0.2, 0) is 13.1 Å². The van der Waals surface area contributed by atoms with E-state index in [0.29, 0.717) is 19.0 Å². The van der Waals surface area contributed by atoms with E-state index in [1.54, 1.807) is 12.5 Å². The lowest BCUT2D eigenvalue weighted by molar-refractivity contribution is 0.169. The number of nitrogens with zero attached hydrogens (tertiary/aromatic N) is 5. The highest BCUT2D eigenvalue weighted by molar-refractivity contribution is 5.80. The largest absolute Gasteiger partial charge is 0.477 e. The predicted molar refractivity (Wildman–Crippen MR) is 113 cm³/mol. The Balaban J connectivity index is 1.58. The number of ether oxygens (including phenoxy) is 1. The molecule has 1 aliphatic rings. The summed E-state index contributed by atoms with van der Waals surface area (Å²) in [5.41, 5.74) is 2.00. The van der Waals surface area contributed by atoms with Crippen LogP contribution >= 0.6 is 0 Å². The molecule has 0 spiro atoms. The smallest absolute Gasteiger partial charge is 0.218 e. The van der Waals surface area contributed by atoms with Crippen LogP contribution in [0.3, 0.4) is 0 Å². The topological polar surface area (TPSA) is 79.0 Å². The highest BCUT2D eigenvalue weighted by Crippen LogP contribution is 2.16. The molecule has 8 nitrogen and oxygen atoms in total. The fourth-order valence-corrected chi connectivity index (χ4v) is 3.24. The third kappa shape index (κ3) is 6.45. The summed E-state index contributed by atoms with van der Waals surface area (Å²) in [4.78, 5) is 14.0. The number of aliphatic imine (C=N–C) groups is 1. The first-order valence-corrected chi connectivity index (χ1v) is 10.5. The zero-order valence-electron chi connectivity index (χ0n) is 17.5. The summed E-state index contributed by atoms with van der Waals surface area (Å²) in [6.45, 7) is 10.9. The number of hydrogen-bond donors (Lipinski definition) is 1. The van der Waals surface area contributed by atoms with E-state index in [4.69, 9.17) is 14.3 Å². The zero-order valence-corrected chi connectivity index (χ0v) is 17.5. The quantitative estimate of drug-likeness (QED) is 0.394. The monoisotopic (exact) mass is 400 g/mol. The molecule has 8 heteroatoms. The Hall–Kier alpha value is -2.61. The van der Waals surface area contributed by atoms with Crippen molar-refractivity contribution in [2.75, 3.05) is 39.3 Å². The van der Waals surface area contributed by atoms with E-state index in [2.05, 4.69) is 39.1 Å². The maximum Gasteiger partial charge on any atom is 0.218 e. The average Bonchev–Trinajstić information content (AvgIpc) is 3.26. The van der Waals surface area contributed by atoms with Gasteiger partial charge in [-0.05, 0) is 19.4 Å². The molecule has 0 saturated carbocycles. The van der Waals surface area contributed by atoms with E-state index in [1.165, 1.54) is 0 Å². The molecule has 2 aromatic rings. The predicted octanol–water partition coefficient (Wildman–Crippen LogP) is 2.53. The summed E-state index contributed by atoms with van der Waals surface area (Å²) < 4.78 is 10.8. The summed E-state index contributed by atoms with van der Waals surface area (Å²) in [7, 11) is 0. The van der Waals surface area contributed by atoms with Gasteiger partial charge in [0, 0.05) is 57.1 Å². The number of aromatic nitrogens is 2. The summed E-state index contributed by atoms with van der Waals surface area (Å²) in [6.07, 6.45) is 5.53. The normalized spacial score (nSPS) is 15.5. The van der Waals surface area contributed by atoms with E-state index in [1.807, 2.05) is 18.2 Å². The SMILES string of the molecule is CCCCOc1ncccc1CN=C(NCC)N1CCN(Cc2ccon2)CC1. The first-order chi connectivity index (χ1) is 14.3. The number of pyridine rings is 1. The van der Waals surface area contributed by atoms with Gasteiger partial charge in [0.15, 0.2) is 5.96 Å². The van der Waals surface area contributed by atoms with Gasteiger partial charge in [-0.15, -0.1) is 0 Å². The number of nitrogens with one attached hydrogen (secondary N) is 1. The Bertz CT molecular complexity index is 741. The number of rotatable bonds is 9. The van der Waals surface area contributed by atoms with Gasteiger partial charge in [-0.1, -0.05) is 24.6 Å². The number of piperazine rings is 1. The Morgan fingerprint density at radius 2 is 2.10 bits per heavy atom. The first-order valence-electron chi connectivity index (χ1n) is 10.5. The molecule has 0 bridgehead atoms. The van der Waals surface area contributed by atoms with Crippen LogP contribution in [0, 0.1) is 0 Å². The van der Waals surface area contributed by atoms with Crippen molar-refractivity contribution in [3.8, 4) is 5.88 Å². The minimum Gasteiger partial charge on any atom is -0.477 e. The van der Waals surface area contributed by atoms with E-state index in [-0.39, 0.29) is 0 Å². The van der Waals surface area contributed by atoms with Gasteiger partial charge in [0.1, 0.15) is 6.26 Å². The van der Waals surface area contributed by atoms with Gasteiger partial charge in [-0.3, -0.25) is 4.90 Å². The third-order valence-corrected chi connectivity index (χ3v) is 4.87. The minimum absolute atomic E-state index is 0.552. The summed E-state index contributed by atoms with van der Waals surface area (Å²) in [5.74, 6) is 1.63. The molecule has 0 radical (unpaired) electrons. The van der Waals surface area contributed by atoms with Crippen LogP contribution in [0.2, 0.25) is 0 Å². The molecule has 29 heavy (non-hydrogen) atoms. The second kappa shape index (κ2) is 11.4. The molecule has 1 saturated heterocycles. The highest BCUT2D eigenvalue weighted by Gasteiger charge is 2.20. The lowest BCUT2D eigenvalue weighted by Gasteiger charge is -2.36. The second-order valence-corrected chi connectivity index (χ2v) is 7.09. The molecule has 1 aliphatic heterocycles. The van der Waals surface area contributed by atoms with Crippen molar-refractivity contribution in [3.05, 3.63) is 41.9 Å². The average molecular weight is 401 g/mol. The molecule has 0 unspecified atom stereocenters. The number of unbranched alkanes of at least 4 members (excludes halogenated alkanes) is 1. The van der Waals surface area contributed by atoms with Gasteiger partial charge >= 0.3 is 0 Å². The Labute approximate surface area is 172 Å². The number of guanidine groups is 1. The molecule has 1 fully saturated rings. The fourth-order valence-electron chi connectivity index (χ4n) is 3.24. The van der Waals surface area contributed by atoms with E-state index >= 15 is 0 Å². The van der Waals surface area contributed by atoms with Crippen molar-refractivity contribution >= 4 is 5.96 Å². The molecule has 3 heterocycles. The molecule has 0 aliphatic carbocycles. The van der Waals surface area contributed by atoms with Crippen molar-refractivity contribution in [1.82, 2.24) is 25.3 Å². The highest BCUT2D eigenvalue weighted by atomic mass is 16.5. The van der Waals surface area contributed by atoms with Gasteiger partial charge in [-0.2, -0.15) is 0 Å². The van der Waals surface area contributed by atoms with Gasteiger partial charge in [0.25, 0.3) is 0 Å². The van der Waals surface area contributed by atoms with Crippen molar-refractivity contribution in [2.24, 2.45) is 4.99 Å². The molecule has 2 aromatic heterocycles. The van der Waals surface area contributed by atoms with Crippen molar-refractivity contribution in [1.29, 1.82) is 0 Å². The Morgan fingerprint density at radius 3 is 2.83 bits per heavy atom. The third-order valence-electron chi connectivity index (χ3n) is 4.87. The van der Waals surface area contributed by atoms with Crippen molar-refractivity contribution < 1.29 is 9.26 Å². The molecular formula is C21H32N6O2. The summed E-state index contributed by atoms with van der Waals surface area (Å²) >= 11 is 0. The van der Waals surface area contributed by atoms with Crippen LogP contribution < -0.4 is 10.1 Å². The van der Waals surface area contributed by atoms with Crippen LogP contribution in [0.4, 0.5) is 0 Å². The van der Waals surface area contributed by atoms with Crippen LogP contribution in [0.1, 0.15) is 37.9 Å². The van der Waals surface area contributed by atoms with Crippen LogP contribution in [0.15, 0.2) is 40.2 Å². The lowest BCUT2D eigenvalue weighted by Crippen LogP contribution is -2.52. The van der Waals surface area contributed by atoms with E-state index in [0.717, 1.165) is 69.3 Å². The van der Waals surface area contributed by atoms with Gasteiger partial charge in [0.05, 0.1) is 18.8 Å². The molecule has 0 atom stereocenters. The molecule has 158 valence electrons. The molecule has 0 amide bonds. The van der Waals surface area contributed by atoms with E-state index < -0.39 is 0 Å². The van der Waals surface area contributed by atoms with Gasteiger partial charge in [0.2, 0.25) is 5.88 Å². The molecule has 0 aromatic carbocycles. The molecular weight excluding hydrogens is 368 g/mol. The standard InChI is InChI=1S/C21H32N6O2/c1-3-5-14-28-20-18(7-6-9-23-20)16-24-21(22-4-2)27-12-10-26(11-13-27)17-19-8-15-29-25-19/h6-9,15H,3-5,10-14,16-17H2,1-2H3,(H,22,24). The Kier molecular flexibility index (Phi) is 8.30. The summed E-state index contributed by atoms with van der Waals surface area (Å²) in [5, 5.41) is 7.43. The molecule has 3 rings (SSSR count). The van der Waals surface area contributed by atoms with Crippen LogP contribution in [0.5, 0.6) is 5.88 Å². The van der Waals surface area contributed by atoms with Gasteiger partial charge < -0.3 is 19.5 Å². The first kappa shape index (κ1) is 21.1. The summed E-state index contributed by atoms with van der Waals surface area (Å²) in [6, 6.07) is 5.90. The maximum absolute atomic E-state index is 5.84. The Morgan fingerprint density at radius 1 is 1.24 bits per heavy atom. The van der Waals surface area contributed by atoms with Crippen LogP contribution in [-0.4, -0.2) is 65.2 Å². The minimum atomic E-state index is 0.552. The van der Waals surface area contributed by atoms with Gasteiger partial charge in [-0.25, -0.2) is 9.98 Å². The number of hydrogen-bond acceptors (Lipinski definition) is 6. The van der Waals surface area contributed by atoms with Crippen molar-refractivity contribution in [3.63, 3.8) is 0 Å². The molecule has 1 N–H and O–H groups in total. The van der Waals surface area contributed by atoms with E-state index in [9.17, 15) is 0 Å². The van der Waals surface area contributed by atoms with Crippen LogP contribution in [0.25, 0.3) is 0 Å². The fraction of sp³-hybridized carbons (Fsp3) is 0.571. The second-order valence-electron chi connectivity index (χ2n) is 7.09.